The van der Waals surface area contributed by atoms with E-state index in [-0.39, 0.29) is 23.3 Å². The molecule has 0 unspecified atom stereocenters. The lowest BCUT2D eigenvalue weighted by Crippen LogP contribution is -2.26. The fourth-order valence-corrected chi connectivity index (χ4v) is 1.81. The smallest absolute Gasteiger partial charge is 0.348 e. The average molecular weight is 269 g/mol. The number of imidazole rings is 1. The van der Waals surface area contributed by atoms with Crippen molar-refractivity contribution < 1.29 is 18.0 Å². The number of hydrogen-bond acceptors (Lipinski definition) is 2. The molecule has 0 saturated heterocycles. The van der Waals surface area contributed by atoms with Gasteiger partial charge in [-0.2, -0.15) is 13.2 Å². The van der Waals surface area contributed by atoms with Gasteiger partial charge in [0.15, 0.2) is 0 Å². The van der Waals surface area contributed by atoms with Gasteiger partial charge in [0, 0.05) is 12.2 Å². The molecule has 0 radical (unpaired) electrons. The van der Waals surface area contributed by atoms with Crippen molar-refractivity contribution in [2.45, 2.75) is 25.1 Å². The first-order valence-electron chi connectivity index (χ1n) is 5.80. The van der Waals surface area contributed by atoms with Crippen LogP contribution >= 0.6 is 0 Å². The second-order valence-electron chi connectivity index (χ2n) is 4.53. The molecule has 1 aliphatic carbocycles. The minimum absolute atomic E-state index is 0.107. The van der Waals surface area contributed by atoms with Crippen LogP contribution < -0.4 is 5.32 Å². The molecule has 4 nitrogen and oxygen atoms in total. The number of nitrogens with one attached hydrogen (secondary N) is 1. The van der Waals surface area contributed by atoms with E-state index in [1.54, 1.807) is 0 Å². The summed E-state index contributed by atoms with van der Waals surface area (Å²) in [5.74, 6) is -0.310. The molecule has 2 heterocycles. The molecule has 0 spiro atoms. The molecule has 0 bridgehead atoms. The van der Waals surface area contributed by atoms with Gasteiger partial charge in [0.05, 0.1) is 11.8 Å². The Morgan fingerprint density at radius 2 is 2.16 bits per heavy atom. The highest BCUT2D eigenvalue weighted by molar-refractivity contribution is 5.93. The SMILES string of the molecule is O=C(NC1CC1)c1cnc2cc(C(F)(F)F)ccn12. The van der Waals surface area contributed by atoms with Gasteiger partial charge in [0.1, 0.15) is 11.3 Å². The van der Waals surface area contributed by atoms with Crippen molar-refractivity contribution in [1.29, 1.82) is 0 Å². The van der Waals surface area contributed by atoms with Crippen LogP contribution in [0.3, 0.4) is 0 Å². The molecular weight excluding hydrogens is 259 g/mol. The Kier molecular flexibility index (Phi) is 2.51. The van der Waals surface area contributed by atoms with Gasteiger partial charge in [-0.15, -0.1) is 0 Å². The number of carbonyl (C=O) groups excluding carboxylic acids is 1. The second-order valence-corrected chi connectivity index (χ2v) is 4.53. The highest BCUT2D eigenvalue weighted by atomic mass is 19.4. The van der Waals surface area contributed by atoms with Crippen molar-refractivity contribution in [2.75, 3.05) is 0 Å². The summed E-state index contributed by atoms with van der Waals surface area (Å²) in [5.41, 5.74) is -0.425. The van der Waals surface area contributed by atoms with Gasteiger partial charge in [-0.3, -0.25) is 9.20 Å². The van der Waals surface area contributed by atoms with E-state index in [0.29, 0.717) is 0 Å². The van der Waals surface area contributed by atoms with Crippen LogP contribution in [-0.4, -0.2) is 21.3 Å². The molecule has 1 N–H and O–H groups in total. The summed E-state index contributed by atoms with van der Waals surface area (Å²) in [6, 6.07) is 2.05. The van der Waals surface area contributed by atoms with Crippen LogP contribution in [0.1, 0.15) is 28.9 Å². The Morgan fingerprint density at radius 3 is 2.79 bits per heavy atom. The summed E-state index contributed by atoms with van der Waals surface area (Å²) in [5, 5.41) is 2.77. The minimum Gasteiger partial charge on any atom is -0.348 e. The number of alkyl halides is 3. The van der Waals surface area contributed by atoms with Crippen LogP contribution in [0, 0.1) is 0 Å². The van der Waals surface area contributed by atoms with Gasteiger partial charge in [-0.1, -0.05) is 0 Å². The van der Waals surface area contributed by atoms with Gasteiger partial charge < -0.3 is 5.32 Å². The second kappa shape index (κ2) is 3.97. The molecule has 0 aromatic carbocycles. The first-order valence-corrected chi connectivity index (χ1v) is 5.80. The summed E-state index contributed by atoms with van der Waals surface area (Å²) >= 11 is 0. The average Bonchev–Trinajstić information content (AvgIpc) is 3.04. The maximum absolute atomic E-state index is 12.5. The highest BCUT2D eigenvalue weighted by Crippen LogP contribution is 2.29. The van der Waals surface area contributed by atoms with Crippen molar-refractivity contribution in [1.82, 2.24) is 14.7 Å². The summed E-state index contributed by atoms with van der Waals surface area (Å²) in [4.78, 5) is 15.7. The summed E-state index contributed by atoms with van der Waals surface area (Å²) < 4.78 is 39.0. The monoisotopic (exact) mass is 269 g/mol. The summed E-state index contributed by atoms with van der Waals surface area (Å²) in [6.07, 6.45) is -0.0221. The quantitative estimate of drug-likeness (QED) is 0.908. The number of nitrogens with zero attached hydrogens (tertiary/aromatic N) is 2. The molecule has 3 rings (SSSR count). The predicted molar refractivity (Wildman–Crippen MR) is 60.7 cm³/mol. The van der Waals surface area contributed by atoms with Crippen LogP contribution in [0.25, 0.3) is 5.65 Å². The van der Waals surface area contributed by atoms with Crippen molar-refractivity contribution in [3.63, 3.8) is 0 Å². The lowest BCUT2D eigenvalue weighted by Gasteiger charge is -2.07. The first kappa shape index (κ1) is 12.0. The van der Waals surface area contributed by atoms with Crippen molar-refractivity contribution >= 4 is 11.6 Å². The molecule has 1 saturated carbocycles. The molecular formula is C12H10F3N3O. The highest BCUT2D eigenvalue weighted by Gasteiger charge is 2.31. The maximum atomic E-state index is 12.5. The number of carbonyl (C=O) groups is 1. The molecule has 0 aliphatic heterocycles. The van der Waals surface area contributed by atoms with E-state index in [1.165, 1.54) is 16.8 Å². The van der Waals surface area contributed by atoms with Gasteiger partial charge in [0.2, 0.25) is 0 Å². The topological polar surface area (TPSA) is 46.4 Å². The van der Waals surface area contributed by atoms with Crippen molar-refractivity contribution in [3.8, 4) is 0 Å². The van der Waals surface area contributed by atoms with E-state index in [4.69, 9.17) is 0 Å². The van der Waals surface area contributed by atoms with E-state index in [1.807, 2.05) is 0 Å². The fraction of sp³-hybridized carbons (Fsp3) is 0.333. The number of amides is 1. The van der Waals surface area contributed by atoms with Crippen LogP contribution in [0.5, 0.6) is 0 Å². The molecule has 1 aliphatic rings. The lowest BCUT2D eigenvalue weighted by molar-refractivity contribution is -0.137. The molecule has 2 aromatic heterocycles. The number of fused-ring (bicyclic) bond motifs is 1. The van der Waals surface area contributed by atoms with Crippen molar-refractivity contribution in [2.24, 2.45) is 0 Å². The van der Waals surface area contributed by atoms with E-state index in [9.17, 15) is 18.0 Å². The molecule has 1 fully saturated rings. The third-order valence-electron chi connectivity index (χ3n) is 2.99. The molecule has 19 heavy (non-hydrogen) atoms. The van der Waals surface area contributed by atoms with Gasteiger partial charge in [-0.25, -0.2) is 4.98 Å². The standard InChI is InChI=1S/C12H10F3N3O/c13-12(14,15)7-3-4-18-9(6-16-10(18)5-7)11(19)17-8-1-2-8/h3-6,8H,1-2H2,(H,17,19). The number of hydrogen-bond donors (Lipinski definition) is 1. The molecule has 0 atom stereocenters. The summed E-state index contributed by atoms with van der Waals surface area (Å²) in [7, 11) is 0. The zero-order chi connectivity index (χ0) is 13.6. The van der Waals surface area contributed by atoms with Crippen molar-refractivity contribution in [3.05, 3.63) is 35.8 Å². The van der Waals surface area contributed by atoms with E-state index < -0.39 is 11.7 Å². The lowest BCUT2D eigenvalue weighted by atomic mass is 10.2. The van der Waals surface area contributed by atoms with Crippen LogP contribution in [0.2, 0.25) is 0 Å². The third kappa shape index (κ3) is 2.27. The Bertz CT molecular complexity index is 643. The fourth-order valence-electron chi connectivity index (χ4n) is 1.81. The van der Waals surface area contributed by atoms with E-state index >= 15 is 0 Å². The zero-order valence-corrected chi connectivity index (χ0v) is 9.74. The normalized spacial score (nSPS) is 15.7. The number of aromatic nitrogens is 2. The van der Waals surface area contributed by atoms with E-state index in [0.717, 1.165) is 25.0 Å². The number of pyridine rings is 1. The molecule has 7 heteroatoms. The molecule has 100 valence electrons. The molecule has 1 amide bonds. The Balaban J connectivity index is 1.97. The number of rotatable bonds is 2. The van der Waals surface area contributed by atoms with Gasteiger partial charge >= 0.3 is 6.18 Å². The van der Waals surface area contributed by atoms with Crippen LogP contribution in [-0.2, 0) is 6.18 Å². The van der Waals surface area contributed by atoms with E-state index in [2.05, 4.69) is 10.3 Å². The maximum Gasteiger partial charge on any atom is 0.416 e. The minimum atomic E-state index is -4.41. The largest absolute Gasteiger partial charge is 0.416 e. The van der Waals surface area contributed by atoms with Gasteiger partial charge in [0.25, 0.3) is 5.91 Å². The Hall–Kier alpha value is -2.05. The Labute approximate surface area is 106 Å². The zero-order valence-electron chi connectivity index (χ0n) is 9.74. The summed E-state index contributed by atoms with van der Waals surface area (Å²) in [6.45, 7) is 0. The molecule has 2 aromatic rings. The van der Waals surface area contributed by atoms with Crippen LogP contribution in [0.4, 0.5) is 13.2 Å². The number of halogens is 3. The van der Waals surface area contributed by atoms with Crippen LogP contribution in [0.15, 0.2) is 24.5 Å². The Morgan fingerprint density at radius 1 is 1.42 bits per heavy atom. The van der Waals surface area contributed by atoms with Gasteiger partial charge in [-0.05, 0) is 25.0 Å². The predicted octanol–water partition coefficient (Wildman–Crippen LogP) is 2.25. The first-order chi connectivity index (χ1) is 8.95. The third-order valence-corrected chi connectivity index (χ3v) is 2.99.